The van der Waals surface area contributed by atoms with Crippen LogP contribution in [0, 0.1) is 0 Å². The first kappa shape index (κ1) is 33.7. The molecule has 0 N–H and O–H groups in total. The van der Waals surface area contributed by atoms with Crippen LogP contribution in [0.15, 0.2) is 170 Å². The van der Waals surface area contributed by atoms with E-state index >= 15 is 0 Å². The van der Waals surface area contributed by atoms with E-state index in [1.54, 1.807) is 0 Å². The smallest absolute Gasteiger partial charge is 0.0541 e. The quantitative estimate of drug-likeness (QED) is 0.161. The van der Waals surface area contributed by atoms with Crippen LogP contribution < -0.4 is 0 Å². The number of rotatable bonds is 6. The van der Waals surface area contributed by atoms with Crippen molar-refractivity contribution in [2.75, 3.05) is 0 Å². The maximum atomic E-state index is 2.44. The monoisotopic (exact) mass is 732 g/mol. The Hall–Kier alpha value is -6.64. The van der Waals surface area contributed by atoms with Gasteiger partial charge in [0.1, 0.15) is 0 Å². The molecule has 0 amide bonds. The van der Waals surface area contributed by atoms with Crippen LogP contribution in [0.25, 0.3) is 88.4 Å². The van der Waals surface area contributed by atoms with Gasteiger partial charge in [0.2, 0.25) is 0 Å². The molecule has 0 atom stereocenters. The van der Waals surface area contributed by atoms with Crippen molar-refractivity contribution in [2.45, 2.75) is 46.0 Å². The first-order chi connectivity index (χ1) is 27.9. The standard InChI is InChI=1S/C55H44N2/c1-34(2)36-19-23-52-48(28-36)50-32-40(21-25-54(50)56(52)44-11-7-5-8-12-44)38-15-17-42-27-43-18-16-39(31-47(43)46(42)30-38)41-22-26-55-51(33-41)49-29-37(35(3)4)20-24-53(49)57(55)45-13-9-6-10-14-45/h5-26,28-35H,27H2,1-4H3. The molecule has 2 nitrogen and oxygen atoms in total. The van der Waals surface area contributed by atoms with E-state index in [-0.39, 0.29) is 0 Å². The number of aromatic nitrogens is 2. The van der Waals surface area contributed by atoms with Crippen molar-refractivity contribution < 1.29 is 0 Å². The summed E-state index contributed by atoms with van der Waals surface area (Å²) in [6.45, 7) is 9.12. The number of fused-ring (bicyclic) bond motifs is 9. The van der Waals surface area contributed by atoms with E-state index in [0.29, 0.717) is 11.8 Å². The molecule has 0 fully saturated rings. The lowest BCUT2D eigenvalue weighted by Crippen LogP contribution is -1.93. The number of benzene rings is 8. The predicted molar refractivity (Wildman–Crippen MR) is 242 cm³/mol. The second-order valence-corrected chi connectivity index (χ2v) is 16.6. The summed E-state index contributed by atoms with van der Waals surface area (Å²) in [6.07, 6.45) is 0.967. The second kappa shape index (κ2) is 13.0. The highest BCUT2D eigenvalue weighted by Gasteiger charge is 2.22. The summed E-state index contributed by atoms with van der Waals surface area (Å²) < 4.78 is 4.83. The molecular weight excluding hydrogens is 689 g/mol. The molecule has 2 aromatic heterocycles. The molecular formula is C55H44N2. The van der Waals surface area contributed by atoms with Gasteiger partial charge in [-0.25, -0.2) is 0 Å². The maximum absolute atomic E-state index is 2.44. The van der Waals surface area contributed by atoms with Crippen molar-refractivity contribution in [1.82, 2.24) is 9.13 Å². The fraction of sp³-hybridized carbons (Fsp3) is 0.127. The van der Waals surface area contributed by atoms with Crippen molar-refractivity contribution in [3.05, 3.63) is 192 Å². The molecule has 1 aliphatic carbocycles. The van der Waals surface area contributed by atoms with Crippen LogP contribution in [0.4, 0.5) is 0 Å². The average Bonchev–Trinajstić information content (AvgIpc) is 3.90. The molecule has 2 heteroatoms. The van der Waals surface area contributed by atoms with Gasteiger partial charge in [-0.1, -0.05) is 113 Å². The highest BCUT2D eigenvalue weighted by atomic mass is 15.0. The van der Waals surface area contributed by atoms with Gasteiger partial charge in [-0.05, 0) is 159 Å². The van der Waals surface area contributed by atoms with Gasteiger partial charge in [0.15, 0.2) is 0 Å². The van der Waals surface area contributed by atoms with E-state index in [2.05, 4.69) is 207 Å². The fourth-order valence-electron chi connectivity index (χ4n) is 9.40. The van der Waals surface area contributed by atoms with Gasteiger partial charge in [-0.2, -0.15) is 0 Å². The van der Waals surface area contributed by atoms with Crippen LogP contribution in [-0.4, -0.2) is 9.13 Å². The van der Waals surface area contributed by atoms with E-state index in [1.807, 2.05) is 0 Å². The highest BCUT2D eigenvalue weighted by molar-refractivity contribution is 6.12. The van der Waals surface area contributed by atoms with E-state index in [4.69, 9.17) is 0 Å². The summed E-state index contributed by atoms with van der Waals surface area (Å²) in [4.78, 5) is 0. The molecule has 274 valence electrons. The first-order valence-corrected chi connectivity index (χ1v) is 20.4. The lowest BCUT2D eigenvalue weighted by Gasteiger charge is -2.10. The van der Waals surface area contributed by atoms with Gasteiger partial charge in [0, 0.05) is 32.9 Å². The number of hydrogen-bond donors (Lipinski definition) is 0. The molecule has 0 bridgehead atoms. The Morgan fingerprint density at radius 3 is 1.11 bits per heavy atom. The molecule has 0 spiro atoms. The zero-order valence-electron chi connectivity index (χ0n) is 32.9. The number of hydrogen-bond acceptors (Lipinski definition) is 0. The highest BCUT2D eigenvalue weighted by Crippen LogP contribution is 2.43. The maximum Gasteiger partial charge on any atom is 0.0541 e. The van der Waals surface area contributed by atoms with Crippen molar-refractivity contribution in [3.8, 4) is 44.8 Å². The first-order valence-electron chi connectivity index (χ1n) is 20.4. The Bertz CT molecular complexity index is 2980. The van der Waals surface area contributed by atoms with Gasteiger partial charge in [0.25, 0.3) is 0 Å². The molecule has 0 saturated carbocycles. The van der Waals surface area contributed by atoms with Crippen LogP contribution in [-0.2, 0) is 6.42 Å². The second-order valence-electron chi connectivity index (χ2n) is 16.6. The Morgan fingerprint density at radius 1 is 0.351 bits per heavy atom. The van der Waals surface area contributed by atoms with Crippen molar-refractivity contribution in [2.24, 2.45) is 0 Å². The van der Waals surface area contributed by atoms with Crippen molar-refractivity contribution in [3.63, 3.8) is 0 Å². The summed E-state index contributed by atoms with van der Waals surface area (Å²) >= 11 is 0. The lowest BCUT2D eigenvalue weighted by molar-refractivity contribution is 0.868. The molecule has 11 rings (SSSR count). The van der Waals surface area contributed by atoms with Gasteiger partial charge in [-0.15, -0.1) is 0 Å². The van der Waals surface area contributed by atoms with Crippen LogP contribution >= 0.6 is 0 Å². The van der Waals surface area contributed by atoms with E-state index in [0.717, 1.165) is 6.42 Å². The van der Waals surface area contributed by atoms with Crippen LogP contribution in [0.3, 0.4) is 0 Å². The summed E-state index contributed by atoms with van der Waals surface area (Å²) in [5.41, 5.74) is 20.6. The van der Waals surface area contributed by atoms with Crippen molar-refractivity contribution in [1.29, 1.82) is 0 Å². The average molecular weight is 733 g/mol. The lowest BCUT2D eigenvalue weighted by atomic mass is 9.95. The molecule has 10 aromatic rings. The summed E-state index contributed by atoms with van der Waals surface area (Å²) in [5, 5.41) is 5.20. The largest absolute Gasteiger partial charge is 0.309 e. The molecule has 0 saturated heterocycles. The Labute approximate surface area is 334 Å². The molecule has 1 aliphatic rings. The molecule has 0 aliphatic heterocycles. The zero-order valence-corrected chi connectivity index (χ0v) is 32.9. The Balaban J connectivity index is 1.02. The minimum atomic E-state index is 0.462. The molecule has 0 unspecified atom stereocenters. The van der Waals surface area contributed by atoms with Gasteiger partial charge in [0.05, 0.1) is 22.1 Å². The molecule has 0 radical (unpaired) electrons. The molecule has 57 heavy (non-hydrogen) atoms. The van der Waals surface area contributed by atoms with Crippen LogP contribution in [0.1, 0.15) is 61.8 Å². The summed E-state index contributed by atoms with van der Waals surface area (Å²) in [5.74, 6) is 0.924. The minimum absolute atomic E-state index is 0.462. The van der Waals surface area contributed by atoms with Gasteiger partial charge >= 0.3 is 0 Å². The SMILES string of the molecule is CC(C)c1ccc2c(c1)c1cc(-c3ccc4c(c3)-c3cc(-c5ccc6c(c5)c5cc(C(C)C)ccc5n6-c5ccccc5)ccc3C4)ccc1n2-c1ccccc1. The van der Waals surface area contributed by atoms with E-state index in [9.17, 15) is 0 Å². The fourth-order valence-corrected chi connectivity index (χ4v) is 9.40. The van der Waals surface area contributed by atoms with Gasteiger partial charge in [-0.3, -0.25) is 0 Å². The number of nitrogens with zero attached hydrogens (tertiary/aromatic N) is 2. The number of para-hydroxylation sites is 2. The third-order valence-corrected chi connectivity index (χ3v) is 12.5. The molecule has 8 aromatic carbocycles. The Morgan fingerprint density at radius 2 is 0.702 bits per heavy atom. The van der Waals surface area contributed by atoms with E-state index in [1.165, 1.54) is 111 Å². The predicted octanol–water partition coefficient (Wildman–Crippen LogP) is 15.0. The van der Waals surface area contributed by atoms with Crippen LogP contribution in [0.5, 0.6) is 0 Å². The third kappa shape index (κ3) is 5.39. The minimum Gasteiger partial charge on any atom is -0.309 e. The Kier molecular flexibility index (Phi) is 7.66. The summed E-state index contributed by atoms with van der Waals surface area (Å²) in [7, 11) is 0. The van der Waals surface area contributed by atoms with Crippen LogP contribution in [0.2, 0.25) is 0 Å². The summed E-state index contributed by atoms with van der Waals surface area (Å²) in [6, 6.07) is 63.9. The van der Waals surface area contributed by atoms with E-state index < -0.39 is 0 Å². The van der Waals surface area contributed by atoms with Crippen molar-refractivity contribution >= 4 is 43.6 Å². The normalized spacial score (nSPS) is 12.5. The molecule has 2 heterocycles. The third-order valence-electron chi connectivity index (χ3n) is 12.5. The van der Waals surface area contributed by atoms with Gasteiger partial charge < -0.3 is 9.13 Å². The zero-order chi connectivity index (χ0) is 38.4. The topological polar surface area (TPSA) is 9.86 Å².